The molecule has 9 heteroatoms. The second-order valence-corrected chi connectivity index (χ2v) is 9.62. The Morgan fingerprint density at radius 1 is 1.12 bits per heavy atom. The lowest BCUT2D eigenvalue weighted by Crippen LogP contribution is -2.30. The molecule has 1 aliphatic rings. The van der Waals surface area contributed by atoms with E-state index in [1.165, 1.54) is 15.0 Å². The predicted molar refractivity (Wildman–Crippen MR) is 128 cm³/mol. The van der Waals surface area contributed by atoms with Gasteiger partial charge in [0, 0.05) is 33.4 Å². The summed E-state index contributed by atoms with van der Waals surface area (Å²) < 4.78 is 2.88. The Kier molecular flexibility index (Phi) is 4.85. The van der Waals surface area contributed by atoms with E-state index in [9.17, 15) is 9.59 Å². The molecule has 0 fully saturated rings. The molecule has 7 nitrogen and oxygen atoms in total. The molecule has 1 aliphatic carbocycles. The lowest BCUT2D eigenvalue weighted by atomic mass is 9.97. The molecule has 0 aliphatic heterocycles. The maximum atomic E-state index is 13.6. The Morgan fingerprint density at radius 2 is 1.94 bits per heavy atom. The second kappa shape index (κ2) is 7.90. The molecule has 1 aromatic carbocycles. The van der Waals surface area contributed by atoms with Gasteiger partial charge in [-0.3, -0.25) is 14.3 Å². The maximum absolute atomic E-state index is 13.6. The molecule has 6 rings (SSSR count). The Labute approximate surface area is 197 Å². The molecule has 0 unspecified atom stereocenters. The monoisotopic (exact) mass is 475 g/mol. The summed E-state index contributed by atoms with van der Waals surface area (Å²) in [6.07, 6.45) is 7.49. The molecule has 0 spiro atoms. The van der Waals surface area contributed by atoms with E-state index in [2.05, 4.69) is 10.1 Å². The minimum absolute atomic E-state index is 0.0750. The number of benzene rings is 1. The fourth-order valence-electron chi connectivity index (χ4n) is 4.41. The van der Waals surface area contributed by atoms with Crippen LogP contribution in [0.2, 0.25) is 5.02 Å². The van der Waals surface area contributed by atoms with Crippen molar-refractivity contribution in [3.63, 3.8) is 0 Å². The number of rotatable bonds is 4. The van der Waals surface area contributed by atoms with Crippen LogP contribution in [0.4, 0.5) is 0 Å². The van der Waals surface area contributed by atoms with Crippen LogP contribution in [0.15, 0.2) is 53.6 Å². The first-order valence-electron chi connectivity index (χ1n) is 10.7. The van der Waals surface area contributed by atoms with Gasteiger partial charge >= 0.3 is 5.69 Å². The highest BCUT2D eigenvalue weighted by Gasteiger charge is 2.25. The van der Waals surface area contributed by atoms with Crippen molar-refractivity contribution in [3.05, 3.63) is 80.3 Å². The molecule has 33 heavy (non-hydrogen) atoms. The number of aryl methyl sites for hydroxylation is 2. The van der Waals surface area contributed by atoms with Crippen LogP contribution in [0.25, 0.3) is 27.3 Å². The Bertz CT molecular complexity index is 1590. The van der Waals surface area contributed by atoms with Crippen molar-refractivity contribution in [2.24, 2.45) is 0 Å². The van der Waals surface area contributed by atoms with Crippen LogP contribution in [0.5, 0.6) is 0 Å². The molecular formula is C24H18ClN5O2S. The SMILES string of the molecule is O=C(Cn1c(=O)n2nc(-c3cccnc3)nc2c2c3c(sc21)CCCC3)c1ccc(Cl)cc1. The summed E-state index contributed by atoms with van der Waals surface area (Å²) in [7, 11) is 0. The van der Waals surface area contributed by atoms with E-state index >= 15 is 0 Å². The van der Waals surface area contributed by atoms with E-state index in [4.69, 9.17) is 16.6 Å². The Hall–Kier alpha value is -3.36. The number of thiophene rings is 1. The van der Waals surface area contributed by atoms with Crippen molar-refractivity contribution in [2.45, 2.75) is 32.2 Å². The summed E-state index contributed by atoms with van der Waals surface area (Å²) in [5.74, 6) is 0.285. The van der Waals surface area contributed by atoms with Gasteiger partial charge in [-0.2, -0.15) is 4.52 Å². The highest BCUT2D eigenvalue weighted by atomic mass is 35.5. The normalized spacial score (nSPS) is 13.5. The zero-order valence-corrected chi connectivity index (χ0v) is 19.1. The first-order chi connectivity index (χ1) is 16.1. The Morgan fingerprint density at radius 3 is 2.73 bits per heavy atom. The van der Waals surface area contributed by atoms with Crippen LogP contribution in [0.3, 0.4) is 0 Å². The molecule has 0 radical (unpaired) electrons. The van der Waals surface area contributed by atoms with Crippen LogP contribution in [-0.2, 0) is 19.4 Å². The van der Waals surface area contributed by atoms with Gasteiger partial charge in [0.15, 0.2) is 17.3 Å². The van der Waals surface area contributed by atoms with Gasteiger partial charge in [-0.25, -0.2) is 9.78 Å². The summed E-state index contributed by atoms with van der Waals surface area (Å²) in [6.45, 7) is -0.0750. The molecule has 164 valence electrons. The molecule has 0 bridgehead atoms. The fourth-order valence-corrected chi connectivity index (χ4v) is 5.91. The summed E-state index contributed by atoms with van der Waals surface area (Å²) in [4.78, 5) is 37.6. The average Bonchev–Trinajstić information content (AvgIpc) is 3.45. The third kappa shape index (κ3) is 3.37. The number of aromatic nitrogens is 5. The van der Waals surface area contributed by atoms with Gasteiger partial charge in [0.1, 0.15) is 4.83 Å². The van der Waals surface area contributed by atoms with Crippen molar-refractivity contribution in [3.8, 4) is 11.4 Å². The van der Waals surface area contributed by atoms with Crippen LogP contribution in [-0.4, -0.2) is 29.9 Å². The van der Waals surface area contributed by atoms with Gasteiger partial charge in [-0.15, -0.1) is 16.4 Å². The topological polar surface area (TPSA) is 82.2 Å². The lowest BCUT2D eigenvalue weighted by Gasteiger charge is -2.11. The van der Waals surface area contributed by atoms with Crippen LogP contribution >= 0.6 is 22.9 Å². The van der Waals surface area contributed by atoms with Crippen molar-refractivity contribution >= 4 is 44.6 Å². The fraction of sp³-hybridized carbons (Fsp3) is 0.208. The summed E-state index contributed by atoms with van der Waals surface area (Å²) in [5, 5.41) is 6.01. The number of fused-ring (bicyclic) bond motifs is 5. The second-order valence-electron chi connectivity index (χ2n) is 8.10. The van der Waals surface area contributed by atoms with Gasteiger partial charge in [0.25, 0.3) is 0 Å². The summed E-state index contributed by atoms with van der Waals surface area (Å²) in [5.41, 5.74) is 2.64. The number of ketones is 1. The number of nitrogens with zero attached hydrogens (tertiary/aromatic N) is 5. The minimum atomic E-state index is -0.374. The molecular weight excluding hydrogens is 458 g/mol. The highest BCUT2D eigenvalue weighted by molar-refractivity contribution is 7.19. The largest absolute Gasteiger partial charge is 0.352 e. The first-order valence-corrected chi connectivity index (χ1v) is 11.9. The van der Waals surface area contributed by atoms with Gasteiger partial charge < -0.3 is 0 Å². The third-order valence-electron chi connectivity index (χ3n) is 6.03. The first kappa shape index (κ1) is 20.3. The molecule has 5 aromatic rings. The van der Waals surface area contributed by atoms with Crippen LogP contribution in [0.1, 0.15) is 33.6 Å². The number of halogens is 1. The number of hydrogen-bond acceptors (Lipinski definition) is 6. The molecule has 4 heterocycles. The number of hydrogen-bond donors (Lipinski definition) is 0. The zero-order valence-electron chi connectivity index (χ0n) is 17.5. The van der Waals surface area contributed by atoms with E-state index in [-0.39, 0.29) is 18.0 Å². The van der Waals surface area contributed by atoms with Crippen LogP contribution in [0, 0.1) is 0 Å². The maximum Gasteiger partial charge on any atom is 0.352 e. The van der Waals surface area contributed by atoms with Crippen molar-refractivity contribution in [1.29, 1.82) is 0 Å². The third-order valence-corrected chi connectivity index (χ3v) is 7.60. The van der Waals surface area contributed by atoms with E-state index in [0.717, 1.165) is 41.5 Å². The number of carbonyl (C=O) groups excluding carboxylic acids is 1. The molecule has 0 atom stereocenters. The number of pyridine rings is 1. The van der Waals surface area contributed by atoms with Crippen molar-refractivity contribution in [2.75, 3.05) is 0 Å². The van der Waals surface area contributed by atoms with Crippen LogP contribution < -0.4 is 5.69 Å². The molecule has 0 saturated carbocycles. The highest BCUT2D eigenvalue weighted by Crippen LogP contribution is 2.38. The van der Waals surface area contributed by atoms with Gasteiger partial charge in [0.2, 0.25) is 0 Å². The number of Topliss-reactive ketones (excluding diaryl/α,β-unsaturated/α-hetero) is 1. The summed E-state index contributed by atoms with van der Waals surface area (Å²) >= 11 is 7.56. The standard InChI is InChI=1S/C24H18ClN5O2S/c25-16-9-7-14(8-10-16)18(31)13-29-23-20(17-5-1-2-6-19(17)33-23)22-27-21(28-30(22)24(29)32)15-4-3-11-26-12-15/h3-4,7-12H,1-2,5-6,13H2. The Balaban J connectivity index is 1.59. The van der Waals surface area contributed by atoms with Gasteiger partial charge in [-0.1, -0.05) is 11.6 Å². The quantitative estimate of drug-likeness (QED) is 0.355. The van der Waals surface area contributed by atoms with E-state index < -0.39 is 0 Å². The van der Waals surface area contributed by atoms with Gasteiger partial charge in [0.05, 0.1) is 11.9 Å². The van der Waals surface area contributed by atoms with E-state index in [0.29, 0.717) is 22.1 Å². The molecule has 0 N–H and O–H groups in total. The smallest absolute Gasteiger partial charge is 0.292 e. The zero-order chi connectivity index (χ0) is 22.5. The lowest BCUT2D eigenvalue weighted by molar-refractivity contribution is 0.0972. The molecule has 0 saturated heterocycles. The predicted octanol–water partition coefficient (Wildman–Crippen LogP) is 4.58. The van der Waals surface area contributed by atoms with Gasteiger partial charge in [-0.05, 0) is 67.6 Å². The molecule has 4 aromatic heterocycles. The number of carbonyl (C=O) groups is 1. The van der Waals surface area contributed by atoms with E-state index in [1.54, 1.807) is 52.6 Å². The summed E-state index contributed by atoms with van der Waals surface area (Å²) in [6, 6.07) is 10.4. The van der Waals surface area contributed by atoms with Crippen molar-refractivity contribution in [1.82, 2.24) is 24.1 Å². The molecule has 0 amide bonds. The minimum Gasteiger partial charge on any atom is -0.292 e. The van der Waals surface area contributed by atoms with Crippen molar-refractivity contribution < 1.29 is 4.79 Å². The average molecular weight is 476 g/mol. The van der Waals surface area contributed by atoms with E-state index in [1.807, 2.05) is 12.1 Å².